The summed E-state index contributed by atoms with van der Waals surface area (Å²) in [6.45, 7) is 2.13. The number of amides is 2. The predicted molar refractivity (Wildman–Crippen MR) is 117 cm³/mol. The molecule has 1 aromatic heterocycles. The van der Waals surface area contributed by atoms with Crippen molar-refractivity contribution < 1.29 is 9.59 Å². The zero-order valence-corrected chi connectivity index (χ0v) is 16.9. The summed E-state index contributed by atoms with van der Waals surface area (Å²) in [4.78, 5) is 41.6. The highest BCUT2D eigenvalue weighted by Gasteiger charge is 2.15. The van der Waals surface area contributed by atoms with Crippen molar-refractivity contribution in [2.75, 3.05) is 10.6 Å². The van der Waals surface area contributed by atoms with Crippen LogP contribution >= 0.6 is 0 Å². The van der Waals surface area contributed by atoms with E-state index in [1.807, 2.05) is 0 Å². The molecule has 0 fully saturated rings. The molecule has 4 rings (SSSR count). The third-order valence-corrected chi connectivity index (χ3v) is 5.27. The molecule has 0 spiro atoms. The number of aromatic nitrogens is 2. The van der Waals surface area contributed by atoms with Gasteiger partial charge in [0.25, 0.3) is 11.5 Å². The summed E-state index contributed by atoms with van der Waals surface area (Å²) in [6.07, 6.45) is 5.05. The zero-order chi connectivity index (χ0) is 21.1. The standard InChI is InChI=1S/C23H24N4O3/c1-15(28)24-17-7-6-8-18(14-17)25-22(29)16-10-11-19-20(13-16)26-21-9-4-2-3-5-12-27(21)23(19)30/h6-8,10-11,13-14H,2-5,9,12H2,1H3,(H,24,28)(H,25,29). The van der Waals surface area contributed by atoms with Gasteiger partial charge >= 0.3 is 0 Å². The van der Waals surface area contributed by atoms with Crippen molar-refractivity contribution in [2.24, 2.45) is 0 Å². The van der Waals surface area contributed by atoms with Crippen LogP contribution in [0.3, 0.4) is 0 Å². The number of hydrogen-bond acceptors (Lipinski definition) is 4. The topological polar surface area (TPSA) is 93.1 Å². The van der Waals surface area contributed by atoms with Gasteiger partial charge in [-0.1, -0.05) is 18.9 Å². The first-order valence-corrected chi connectivity index (χ1v) is 10.2. The summed E-state index contributed by atoms with van der Waals surface area (Å²) >= 11 is 0. The van der Waals surface area contributed by atoms with Gasteiger partial charge in [-0.3, -0.25) is 19.0 Å². The Labute approximate surface area is 174 Å². The number of nitrogens with one attached hydrogen (secondary N) is 2. The maximum atomic E-state index is 12.9. The molecule has 154 valence electrons. The van der Waals surface area contributed by atoms with Crippen LogP contribution in [-0.2, 0) is 17.8 Å². The van der Waals surface area contributed by atoms with Crippen LogP contribution in [0.1, 0.15) is 48.8 Å². The molecule has 2 N–H and O–H groups in total. The van der Waals surface area contributed by atoms with E-state index in [0.29, 0.717) is 34.4 Å². The first-order chi connectivity index (χ1) is 14.5. The van der Waals surface area contributed by atoms with Crippen molar-refractivity contribution in [3.05, 3.63) is 64.2 Å². The van der Waals surface area contributed by atoms with Crippen molar-refractivity contribution in [1.29, 1.82) is 0 Å². The Morgan fingerprint density at radius 3 is 2.53 bits per heavy atom. The number of carbonyl (C=O) groups is 2. The zero-order valence-electron chi connectivity index (χ0n) is 16.9. The van der Waals surface area contributed by atoms with Crippen molar-refractivity contribution >= 4 is 34.1 Å². The van der Waals surface area contributed by atoms with Crippen LogP contribution in [-0.4, -0.2) is 21.4 Å². The third-order valence-electron chi connectivity index (χ3n) is 5.27. The molecule has 0 saturated carbocycles. The molecule has 0 aliphatic carbocycles. The first kappa shape index (κ1) is 19.8. The lowest BCUT2D eigenvalue weighted by Crippen LogP contribution is -2.26. The van der Waals surface area contributed by atoms with Crippen LogP contribution in [0, 0.1) is 0 Å². The molecule has 0 unspecified atom stereocenters. The lowest BCUT2D eigenvalue weighted by Gasteiger charge is -2.16. The average molecular weight is 404 g/mol. The molecule has 7 nitrogen and oxygen atoms in total. The fourth-order valence-electron chi connectivity index (χ4n) is 3.82. The highest BCUT2D eigenvalue weighted by atomic mass is 16.2. The Kier molecular flexibility index (Phi) is 5.61. The Bertz CT molecular complexity index is 1180. The highest BCUT2D eigenvalue weighted by Crippen LogP contribution is 2.19. The molecule has 0 bridgehead atoms. The summed E-state index contributed by atoms with van der Waals surface area (Å²) in [5.41, 5.74) is 2.11. The summed E-state index contributed by atoms with van der Waals surface area (Å²) in [5.74, 6) is 0.318. The van der Waals surface area contributed by atoms with Crippen LogP contribution in [0.4, 0.5) is 11.4 Å². The van der Waals surface area contributed by atoms with Crippen molar-refractivity contribution in [3.8, 4) is 0 Å². The van der Waals surface area contributed by atoms with Crippen LogP contribution in [0.5, 0.6) is 0 Å². The normalized spacial score (nSPS) is 13.8. The molecule has 0 saturated heterocycles. The molecule has 2 amide bonds. The van der Waals surface area contributed by atoms with E-state index >= 15 is 0 Å². The second-order valence-corrected chi connectivity index (χ2v) is 7.60. The van der Waals surface area contributed by atoms with Gasteiger partial charge in [0.15, 0.2) is 0 Å². The quantitative estimate of drug-likeness (QED) is 0.696. The molecule has 2 aromatic carbocycles. The molecule has 30 heavy (non-hydrogen) atoms. The van der Waals surface area contributed by atoms with Gasteiger partial charge in [-0.25, -0.2) is 4.98 Å². The average Bonchev–Trinajstić information content (AvgIpc) is 2.69. The van der Waals surface area contributed by atoms with E-state index in [-0.39, 0.29) is 17.4 Å². The van der Waals surface area contributed by atoms with E-state index < -0.39 is 0 Å². The molecular weight excluding hydrogens is 380 g/mol. The molecular formula is C23H24N4O3. The second kappa shape index (κ2) is 8.49. The number of carbonyl (C=O) groups excluding carboxylic acids is 2. The Morgan fingerprint density at radius 2 is 1.73 bits per heavy atom. The lowest BCUT2D eigenvalue weighted by atomic mass is 10.1. The Balaban J connectivity index is 1.63. The minimum atomic E-state index is -0.300. The molecule has 0 radical (unpaired) electrons. The largest absolute Gasteiger partial charge is 0.326 e. The first-order valence-electron chi connectivity index (χ1n) is 10.2. The third kappa shape index (κ3) is 4.25. The van der Waals surface area contributed by atoms with Gasteiger partial charge in [-0.2, -0.15) is 0 Å². The maximum Gasteiger partial charge on any atom is 0.261 e. The minimum Gasteiger partial charge on any atom is -0.326 e. The van der Waals surface area contributed by atoms with Crippen LogP contribution < -0.4 is 16.2 Å². The molecule has 3 aromatic rings. The SMILES string of the molecule is CC(=O)Nc1cccc(NC(=O)c2ccc3c(=O)n4c(nc3c2)CCCCCC4)c1. The monoisotopic (exact) mass is 404 g/mol. The molecule has 1 aliphatic rings. The summed E-state index contributed by atoms with van der Waals surface area (Å²) in [6, 6.07) is 11.9. The van der Waals surface area contributed by atoms with Gasteiger partial charge in [0.05, 0.1) is 10.9 Å². The number of aryl methyl sites for hydroxylation is 1. The van der Waals surface area contributed by atoms with E-state index in [1.165, 1.54) is 6.92 Å². The minimum absolute atomic E-state index is 0.0353. The Morgan fingerprint density at radius 1 is 0.967 bits per heavy atom. The van der Waals surface area contributed by atoms with Gasteiger partial charge in [0.2, 0.25) is 5.91 Å². The molecule has 2 heterocycles. The number of nitrogens with zero attached hydrogens (tertiary/aromatic N) is 2. The van der Waals surface area contributed by atoms with Crippen LogP contribution in [0.25, 0.3) is 10.9 Å². The van der Waals surface area contributed by atoms with E-state index in [2.05, 4.69) is 10.6 Å². The summed E-state index contributed by atoms with van der Waals surface area (Å²) < 4.78 is 1.79. The van der Waals surface area contributed by atoms with E-state index in [1.54, 1.807) is 47.0 Å². The highest BCUT2D eigenvalue weighted by molar-refractivity contribution is 6.06. The number of anilines is 2. The van der Waals surface area contributed by atoms with E-state index in [0.717, 1.165) is 37.9 Å². The maximum absolute atomic E-state index is 12.9. The molecule has 0 atom stereocenters. The van der Waals surface area contributed by atoms with Gasteiger partial charge in [-0.15, -0.1) is 0 Å². The number of rotatable bonds is 3. The number of benzene rings is 2. The molecule has 1 aliphatic heterocycles. The molecule has 7 heteroatoms. The number of fused-ring (bicyclic) bond motifs is 2. The number of hydrogen-bond donors (Lipinski definition) is 2. The predicted octanol–water partition coefficient (Wildman–Crippen LogP) is 3.72. The van der Waals surface area contributed by atoms with Crippen molar-refractivity contribution in [3.63, 3.8) is 0 Å². The van der Waals surface area contributed by atoms with Gasteiger partial charge in [-0.05, 0) is 49.2 Å². The summed E-state index contributed by atoms with van der Waals surface area (Å²) in [5, 5.41) is 6.05. The van der Waals surface area contributed by atoms with E-state index in [4.69, 9.17) is 4.98 Å². The van der Waals surface area contributed by atoms with E-state index in [9.17, 15) is 14.4 Å². The van der Waals surface area contributed by atoms with Gasteiger partial charge in [0, 0.05) is 36.8 Å². The van der Waals surface area contributed by atoms with Crippen LogP contribution in [0.2, 0.25) is 0 Å². The van der Waals surface area contributed by atoms with Crippen LogP contribution in [0.15, 0.2) is 47.3 Å². The smallest absolute Gasteiger partial charge is 0.261 e. The summed E-state index contributed by atoms with van der Waals surface area (Å²) in [7, 11) is 0. The fraction of sp³-hybridized carbons (Fsp3) is 0.304. The van der Waals surface area contributed by atoms with Crippen molar-refractivity contribution in [2.45, 2.75) is 45.6 Å². The fourth-order valence-corrected chi connectivity index (χ4v) is 3.82. The lowest BCUT2D eigenvalue weighted by molar-refractivity contribution is -0.114. The van der Waals surface area contributed by atoms with Gasteiger partial charge in [0.1, 0.15) is 5.82 Å². The van der Waals surface area contributed by atoms with Gasteiger partial charge < -0.3 is 10.6 Å². The Hall–Kier alpha value is -3.48. The van der Waals surface area contributed by atoms with Crippen molar-refractivity contribution in [1.82, 2.24) is 9.55 Å². The second-order valence-electron chi connectivity index (χ2n) is 7.60.